The van der Waals surface area contributed by atoms with Gasteiger partial charge in [0.15, 0.2) is 0 Å². The summed E-state index contributed by atoms with van der Waals surface area (Å²) in [6, 6.07) is 9.81. The van der Waals surface area contributed by atoms with Crippen LogP contribution in [0.25, 0.3) is 10.4 Å². The van der Waals surface area contributed by atoms with E-state index in [-0.39, 0.29) is 0 Å². The van der Waals surface area contributed by atoms with E-state index in [1.54, 1.807) is 11.3 Å². The van der Waals surface area contributed by atoms with E-state index >= 15 is 0 Å². The molecule has 2 rings (SSSR count). The second-order valence-corrected chi connectivity index (χ2v) is 4.69. The van der Waals surface area contributed by atoms with Gasteiger partial charge in [-0.15, -0.1) is 11.3 Å². The fourth-order valence-electron chi connectivity index (χ4n) is 1.42. The van der Waals surface area contributed by atoms with Crippen molar-refractivity contribution in [3.8, 4) is 10.4 Å². The lowest BCUT2D eigenvalue weighted by Crippen LogP contribution is -1.74. The van der Waals surface area contributed by atoms with Gasteiger partial charge in [-0.25, -0.2) is 0 Å². The number of hydrogen-bond donors (Lipinski definition) is 1. The summed E-state index contributed by atoms with van der Waals surface area (Å²) in [6.45, 7) is 2.06. The summed E-state index contributed by atoms with van der Waals surface area (Å²) < 4.78 is 0. The first-order chi connectivity index (χ1) is 6.66. The second kappa shape index (κ2) is 3.64. The molecule has 2 aromatic rings. The van der Waals surface area contributed by atoms with E-state index in [1.165, 1.54) is 10.4 Å². The van der Waals surface area contributed by atoms with Gasteiger partial charge in [-0.2, -0.15) is 0 Å². The van der Waals surface area contributed by atoms with Gasteiger partial charge in [0.2, 0.25) is 0 Å². The SMILES string of the molecule is Cc1cc(N)sc1-c1cccc(Cl)c1. The highest BCUT2D eigenvalue weighted by Gasteiger charge is 2.05. The minimum absolute atomic E-state index is 0.758. The van der Waals surface area contributed by atoms with Gasteiger partial charge >= 0.3 is 0 Å². The van der Waals surface area contributed by atoms with Crippen molar-refractivity contribution in [3.63, 3.8) is 0 Å². The maximum absolute atomic E-state index is 5.93. The molecule has 0 unspecified atom stereocenters. The van der Waals surface area contributed by atoms with Crippen molar-refractivity contribution in [3.05, 3.63) is 40.9 Å². The van der Waals surface area contributed by atoms with Crippen molar-refractivity contribution in [1.29, 1.82) is 0 Å². The smallest absolute Gasteiger partial charge is 0.0865 e. The van der Waals surface area contributed by atoms with E-state index in [0.717, 1.165) is 15.6 Å². The lowest BCUT2D eigenvalue weighted by atomic mass is 10.1. The number of nitrogens with two attached hydrogens (primary N) is 1. The number of thiophene rings is 1. The van der Waals surface area contributed by atoms with Crippen LogP contribution in [0.15, 0.2) is 30.3 Å². The van der Waals surface area contributed by atoms with E-state index in [4.69, 9.17) is 17.3 Å². The van der Waals surface area contributed by atoms with Crippen molar-refractivity contribution < 1.29 is 0 Å². The van der Waals surface area contributed by atoms with Crippen LogP contribution in [0, 0.1) is 6.92 Å². The molecule has 0 amide bonds. The van der Waals surface area contributed by atoms with Crippen LogP contribution in [0.4, 0.5) is 5.00 Å². The van der Waals surface area contributed by atoms with Gasteiger partial charge in [-0.1, -0.05) is 23.7 Å². The Bertz CT molecular complexity index is 462. The van der Waals surface area contributed by atoms with Crippen LogP contribution in [0.5, 0.6) is 0 Å². The Labute approximate surface area is 92.1 Å². The first-order valence-electron chi connectivity index (χ1n) is 4.28. The summed E-state index contributed by atoms with van der Waals surface area (Å²) in [6.07, 6.45) is 0. The van der Waals surface area contributed by atoms with E-state index in [1.807, 2.05) is 30.3 Å². The van der Waals surface area contributed by atoms with Gasteiger partial charge in [0.05, 0.1) is 5.00 Å². The highest BCUT2D eigenvalue weighted by atomic mass is 35.5. The Balaban J connectivity index is 2.54. The molecule has 0 aliphatic rings. The van der Waals surface area contributed by atoms with Gasteiger partial charge in [0.25, 0.3) is 0 Å². The molecule has 0 aliphatic carbocycles. The maximum atomic E-state index is 5.93. The van der Waals surface area contributed by atoms with Gasteiger partial charge in [0, 0.05) is 9.90 Å². The van der Waals surface area contributed by atoms with Crippen LogP contribution in [-0.4, -0.2) is 0 Å². The Kier molecular flexibility index (Phi) is 2.48. The molecule has 0 aliphatic heterocycles. The molecule has 3 heteroatoms. The summed E-state index contributed by atoms with van der Waals surface area (Å²) in [5.74, 6) is 0. The first-order valence-corrected chi connectivity index (χ1v) is 5.48. The summed E-state index contributed by atoms with van der Waals surface area (Å²) in [4.78, 5) is 1.20. The molecule has 1 nitrogen and oxygen atoms in total. The third-order valence-corrected chi connectivity index (χ3v) is 3.37. The van der Waals surface area contributed by atoms with E-state index in [9.17, 15) is 0 Å². The maximum Gasteiger partial charge on any atom is 0.0865 e. The fourth-order valence-corrected chi connectivity index (χ4v) is 2.55. The molecule has 2 N–H and O–H groups in total. The summed E-state index contributed by atoms with van der Waals surface area (Å²) in [5, 5.41) is 1.60. The normalized spacial score (nSPS) is 10.4. The summed E-state index contributed by atoms with van der Waals surface area (Å²) in [7, 11) is 0. The summed E-state index contributed by atoms with van der Waals surface area (Å²) in [5.41, 5.74) is 8.08. The third-order valence-electron chi connectivity index (χ3n) is 2.02. The monoisotopic (exact) mass is 223 g/mol. The second-order valence-electron chi connectivity index (χ2n) is 3.17. The molecule has 0 fully saturated rings. The van der Waals surface area contributed by atoms with Gasteiger partial charge in [-0.05, 0) is 36.2 Å². The van der Waals surface area contributed by atoms with Crippen LogP contribution in [0.3, 0.4) is 0 Å². The zero-order valence-corrected chi connectivity index (χ0v) is 9.32. The molecular weight excluding hydrogens is 214 g/mol. The van der Waals surface area contributed by atoms with Crippen LogP contribution in [0.1, 0.15) is 5.56 Å². The highest BCUT2D eigenvalue weighted by molar-refractivity contribution is 7.19. The van der Waals surface area contributed by atoms with Crippen molar-refractivity contribution in [2.24, 2.45) is 0 Å². The topological polar surface area (TPSA) is 26.0 Å². The number of hydrogen-bond acceptors (Lipinski definition) is 2. The molecular formula is C11H10ClNS. The molecule has 0 spiro atoms. The molecule has 72 valence electrons. The standard InChI is InChI=1S/C11H10ClNS/c1-7-5-10(13)14-11(7)8-3-2-4-9(12)6-8/h2-6H,13H2,1H3. The number of aryl methyl sites for hydroxylation is 1. The summed E-state index contributed by atoms with van der Waals surface area (Å²) >= 11 is 7.52. The van der Waals surface area contributed by atoms with E-state index < -0.39 is 0 Å². The number of benzene rings is 1. The average molecular weight is 224 g/mol. The number of rotatable bonds is 1. The molecule has 0 saturated carbocycles. The molecule has 0 atom stereocenters. The zero-order valence-electron chi connectivity index (χ0n) is 7.75. The Morgan fingerprint density at radius 3 is 2.64 bits per heavy atom. The fraction of sp³-hybridized carbons (Fsp3) is 0.0909. The first kappa shape index (κ1) is 9.56. The predicted octanol–water partition coefficient (Wildman–Crippen LogP) is 3.96. The van der Waals surface area contributed by atoms with Crippen LogP contribution >= 0.6 is 22.9 Å². The number of halogens is 1. The highest BCUT2D eigenvalue weighted by Crippen LogP contribution is 2.34. The van der Waals surface area contributed by atoms with Crippen LogP contribution < -0.4 is 5.73 Å². The Morgan fingerprint density at radius 2 is 2.07 bits per heavy atom. The largest absolute Gasteiger partial charge is 0.391 e. The molecule has 0 saturated heterocycles. The number of anilines is 1. The molecule has 0 bridgehead atoms. The quantitative estimate of drug-likeness (QED) is 0.778. The van der Waals surface area contributed by atoms with E-state index in [0.29, 0.717) is 0 Å². The van der Waals surface area contributed by atoms with Crippen molar-refractivity contribution in [1.82, 2.24) is 0 Å². The van der Waals surface area contributed by atoms with Crippen LogP contribution in [0.2, 0.25) is 5.02 Å². The van der Waals surface area contributed by atoms with Crippen LogP contribution in [-0.2, 0) is 0 Å². The minimum Gasteiger partial charge on any atom is -0.391 e. The molecule has 0 radical (unpaired) electrons. The van der Waals surface area contributed by atoms with Gasteiger partial charge < -0.3 is 5.73 Å². The average Bonchev–Trinajstić information content (AvgIpc) is 2.45. The number of nitrogen functional groups attached to an aromatic ring is 1. The third kappa shape index (κ3) is 1.76. The zero-order chi connectivity index (χ0) is 10.1. The van der Waals surface area contributed by atoms with Crippen molar-refractivity contribution in [2.75, 3.05) is 5.73 Å². The van der Waals surface area contributed by atoms with Crippen molar-refractivity contribution >= 4 is 27.9 Å². The minimum atomic E-state index is 0.758. The predicted molar refractivity (Wildman–Crippen MR) is 63.9 cm³/mol. The van der Waals surface area contributed by atoms with Gasteiger partial charge in [-0.3, -0.25) is 0 Å². The molecule has 1 aromatic heterocycles. The lowest BCUT2D eigenvalue weighted by Gasteiger charge is -1.99. The Morgan fingerprint density at radius 1 is 1.29 bits per heavy atom. The van der Waals surface area contributed by atoms with Crippen molar-refractivity contribution in [2.45, 2.75) is 6.92 Å². The van der Waals surface area contributed by atoms with Gasteiger partial charge in [0.1, 0.15) is 0 Å². The molecule has 1 aromatic carbocycles. The Hall–Kier alpha value is -0.990. The molecule has 14 heavy (non-hydrogen) atoms. The van der Waals surface area contributed by atoms with E-state index in [2.05, 4.69) is 6.92 Å². The lowest BCUT2D eigenvalue weighted by molar-refractivity contribution is 1.54. The molecule has 1 heterocycles.